The molecule has 3 heterocycles. The maximum atomic E-state index is 13.1. The van der Waals surface area contributed by atoms with Crippen molar-refractivity contribution < 1.29 is 4.79 Å². The van der Waals surface area contributed by atoms with E-state index >= 15 is 0 Å². The van der Waals surface area contributed by atoms with Gasteiger partial charge in [-0.1, -0.05) is 67.2 Å². The van der Waals surface area contributed by atoms with Gasteiger partial charge in [0, 0.05) is 16.5 Å². The number of para-hydroxylation sites is 1. The van der Waals surface area contributed by atoms with Crippen molar-refractivity contribution in [3.05, 3.63) is 76.9 Å². The van der Waals surface area contributed by atoms with Crippen molar-refractivity contribution in [1.29, 1.82) is 0 Å². The quantitative estimate of drug-likeness (QED) is 0.684. The van der Waals surface area contributed by atoms with Crippen LogP contribution in [0.25, 0.3) is 17.0 Å². The van der Waals surface area contributed by atoms with Gasteiger partial charge in [-0.25, -0.2) is 5.01 Å². The minimum atomic E-state index is -0.493. The Hall–Kier alpha value is -3.39. The molecule has 1 unspecified atom stereocenters. The summed E-state index contributed by atoms with van der Waals surface area (Å²) in [4.78, 5) is 18.0. The van der Waals surface area contributed by atoms with Gasteiger partial charge in [0.2, 0.25) is 0 Å². The van der Waals surface area contributed by atoms with Gasteiger partial charge >= 0.3 is 0 Å². The lowest BCUT2D eigenvalue weighted by atomic mass is 10.0. The van der Waals surface area contributed by atoms with Gasteiger partial charge in [0.25, 0.3) is 5.91 Å². The first-order chi connectivity index (χ1) is 14.8. The van der Waals surface area contributed by atoms with E-state index in [9.17, 15) is 4.79 Å². The summed E-state index contributed by atoms with van der Waals surface area (Å²) in [6, 6.07) is 17.6. The van der Waals surface area contributed by atoms with Gasteiger partial charge in [-0.15, -0.1) is 5.10 Å². The van der Waals surface area contributed by atoms with E-state index in [2.05, 4.69) is 22.4 Å². The highest BCUT2D eigenvalue weighted by atomic mass is 32.2. The molecular weight excluding hydrogens is 396 g/mol. The average molecular weight is 417 g/mol. The zero-order valence-electron chi connectivity index (χ0n) is 16.4. The number of hydrogen-bond acceptors (Lipinski definition) is 6. The van der Waals surface area contributed by atoms with Crippen LogP contribution in [0.2, 0.25) is 0 Å². The van der Waals surface area contributed by atoms with E-state index in [4.69, 9.17) is 10.1 Å². The molecule has 2 N–H and O–H groups in total. The minimum absolute atomic E-state index is 0.166. The second-order valence-corrected chi connectivity index (χ2v) is 8.07. The third-order valence-corrected chi connectivity index (χ3v) is 6.04. The Morgan fingerprint density at radius 3 is 2.73 bits per heavy atom. The first kappa shape index (κ1) is 18.6. The van der Waals surface area contributed by atoms with Gasteiger partial charge in [0.1, 0.15) is 5.70 Å². The van der Waals surface area contributed by atoms with Crippen LogP contribution in [0.4, 0.5) is 0 Å². The van der Waals surface area contributed by atoms with Gasteiger partial charge in [-0.05, 0) is 18.1 Å². The summed E-state index contributed by atoms with van der Waals surface area (Å²) < 4.78 is 0. The monoisotopic (exact) mass is 416 g/mol. The van der Waals surface area contributed by atoms with E-state index in [1.165, 1.54) is 11.8 Å². The Labute approximate surface area is 177 Å². The number of thioether (sulfide) groups is 1. The molecule has 2 aliphatic rings. The predicted octanol–water partition coefficient (Wildman–Crippen LogP) is 2.36. The summed E-state index contributed by atoms with van der Waals surface area (Å²) in [5.41, 5.74) is 3.25. The van der Waals surface area contributed by atoms with E-state index in [-0.39, 0.29) is 5.91 Å². The molecule has 8 heteroatoms. The van der Waals surface area contributed by atoms with Gasteiger partial charge in [0.15, 0.2) is 11.3 Å². The van der Waals surface area contributed by atoms with Crippen LogP contribution in [-0.4, -0.2) is 32.0 Å². The molecule has 1 atom stereocenters. The Balaban J connectivity index is 1.69. The summed E-state index contributed by atoms with van der Waals surface area (Å²) >= 11 is 1.54. The Bertz CT molecular complexity index is 1250. The molecule has 1 aromatic heterocycles. The number of benzene rings is 2. The molecule has 150 valence electrons. The van der Waals surface area contributed by atoms with Gasteiger partial charge in [0.05, 0.1) is 17.2 Å². The Kier molecular flexibility index (Phi) is 4.84. The van der Waals surface area contributed by atoms with Crippen LogP contribution in [0.5, 0.6) is 0 Å². The SMILES string of the molecule is CCCSC1=NN2C(=c3ccccc3=NC2c2cn[nH]c2-c2ccccc2)C(=O)N1. The van der Waals surface area contributed by atoms with Crippen LogP contribution in [0.15, 0.2) is 70.9 Å². The van der Waals surface area contributed by atoms with Crippen LogP contribution in [0.3, 0.4) is 0 Å². The molecule has 0 fully saturated rings. The van der Waals surface area contributed by atoms with Crippen molar-refractivity contribution >= 4 is 28.5 Å². The number of rotatable bonds is 4. The molecule has 0 spiro atoms. The zero-order chi connectivity index (χ0) is 20.5. The molecule has 2 aliphatic heterocycles. The molecule has 0 aliphatic carbocycles. The summed E-state index contributed by atoms with van der Waals surface area (Å²) in [6.07, 6.45) is 2.27. The lowest BCUT2D eigenvalue weighted by molar-refractivity contribution is -0.116. The summed E-state index contributed by atoms with van der Waals surface area (Å²) in [7, 11) is 0. The van der Waals surface area contributed by atoms with Crippen molar-refractivity contribution in [2.75, 3.05) is 5.75 Å². The van der Waals surface area contributed by atoms with E-state index in [0.29, 0.717) is 10.9 Å². The molecule has 5 rings (SSSR count). The fraction of sp³-hybridized carbons (Fsp3) is 0.182. The summed E-state index contributed by atoms with van der Waals surface area (Å²) in [5, 5.41) is 18.9. The fourth-order valence-corrected chi connectivity index (χ4v) is 4.33. The van der Waals surface area contributed by atoms with E-state index in [1.807, 2.05) is 54.6 Å². The van der Waals surface area contributed by atoms with Crippen molar-refractivity contribution in [3.63, 3.8) is 0 Å². The Morgan fingerprint density at radius 1 is 1.10 bits per heavy atom. The highest BCUT2D eigenvalue weighted by Gasteiger charge is 2.36. The first-order valence-electron chi connectivity index (χ1n) is 9.84. The molecule has 0 radical (unpaired) electrons. The normalized spacial score (nSPS) is 17.6. The smallest absolute Gasteiger partial charge is 0.276 e. The highest BCUT2D eigenvalue weighted by molar-refractivity contribution is 8.13. The number of aromatic amines is 1. The standard InChI is InChI=1S/C22H20N6OS/c1-2-12-30-22-25-21(29)19-15-10-6-7-11-17(15)24-20(28(19)27-22)16-13-23-26-18(16)14-8-4-3-5-9-14/h3-11,13,20H,2,12H2,1H3,(H,23,26)(H,25,27,29). The lowest BCUT2D eigenvalue weighted by Crippen LogP contribution is -2.50. The van der Waals surface area contributed by atoms with Crippen LogP contribution in [0.1, 0.15) is 25.1 Å². The van der Waals surface area contributed by atoms with Crippen LogP contribution >= 0.6 is 11.8 Å². The third kappa shape index (κ3) is 3.19. The second kappa shape index (κ2) is 7.79. The number of hydrazone groups is 1. The number of nitrogens with one attached hydrogen (secondary N) is 2. The lowest BCUT2D eigenvalue weighted by Gasteiger charge is -2.33. The van der Waals surface area contributed by atoms with Crippen LogP contribution < -0.4 is 15.9 Å². The topological polar surface area (TPSA) is 85.7 Å². The number of H-pyrrole nitrogens is 1. The number of carbonyl (C=O) groups excluding carboxylic acids is 1. The summed E-state index contributed by atoms with van der Waals surface area (Å²) in [5.74, 6) is 0.711. The van der Waals surface area contributed by atoms with Crippen molar-refractivity contribution in [2.45, 2.75) is 19.5 Å². The number of hydrogen-bond donors (Lipinski definition) is 2. The van der Waals surface area contributed by atoms with Crippen LogP contribution in [-0.2, 0) is 4.79 Å². The molecule has 2 aromatic carbocycles. The maximum Gasteiger partial charge on any atom is 0.276 e. The van der Waals surface area contributed by atoms with Crippen molar-refractivity contribution in [2.24, 2.45) is 10.1 Å². The number of fused-ring (bicyclic) bond motifs is 2. The molecule has 1 amide bonds. The number of amides is 1. The Morgan fingerprint density at radius 2 is 1.90 bits per heavy atom. The van der Waals surface area contributed by atoms with Gasteiger partial charge in [-0.2, -0.15) is 5.10 Å². The molecule has 7 nitrogen and oxygen atoms in total. The number of amidine groups is 1. The molecule has 3 aromatic rings. The second-order valence-electron chi connectivity index (χ2n) is 6.99. The van der Waals surface area contributed by atoms with Crippen LogP contribution in [0, 0.1) is 0 Å². The molecular formula is C22H20N6OS. The maximum absolute atomic E-state index is 13.1. The number of aromatic nitrogens is 2. The zero-order valence-corrected chi connectivity index (χ0v) is 17.2. The highest BCUT2D eigenvalue weighted by Crippen LogP contribution is 2.35. The molecule has 0 bridgehead atoms. The van der Waals surface area contributed by atoms with E-state index < -0.39 is 6.17 Å². The van der Waals surface area contributed by atoms with Crippen molar-refractivity contribution in [1.82, 2.24) is 20.5 Å². The van der Waals surface area contributed by atoms with E-state index in [1.54, 1.807) is 11.2 Å². The minimum Gasteiger partial charge on any atom is -0.298 e. The van der Waals surface area contributed by atoms with E-state index in [0.717, 1.165) is 39.6 Å². The van der Waals surface area contributed by atoms with Gasteiger partial charge < -0.3 is 0 Å². The molecule has 0 saturated carbocycles. The largest absolute Gasteiger partial charge is 0.298 e. The fourth-order valence-electron chi connectivity index (χ4n) is 3.62. The third-order valence-electron chi connectivity index (χ3n) is 4.97. The van der Waals surface area contributed by atoms with Gasteiger partial charge in [-0.3, -0.25) is 20.2 Å². The molecule has 30 heavy (non-hydrogen) atoms. The van der Waals surface area contributed by atoms with Crippen molar-refractivity contribution in [3.8, 4) is 11.3 Å². The average Bonchev–Trinajstić information content (AvgIpc) is 3.27. The summed E-state index contributed by atoms with van der Waals surface area (Å²) in [6.45, 7) is 2.10. The predicted molar refractivity (Wildman–Crippen MR) is 118 cm³/mol. The number of carbonyl (C=O) groups is 1. The molecule has 0 saturated heterocycles. The number of nitrogens with zero attached hydrogens (tertiary/aromatic N) is 4. The first-order valence-corrected chi connectivity index (χ1v) is 10.8.